The molecule has 4 nitrogen and oxygen atoms in total. The number of amides is 1. The van der Waals surface area contributed by atoms with Gasteiger partial charge in [0.15, 0.2) is 11.5 Å². The molecular formula is C16H14BrNO3. The van der Waals surface area contributed by atoms with Crippen LogP contribution in [0.3, 0.4) is 0 Å². The summed E-state index contributed by atoms with van der Waals surface area (Å²) in [6.07, 6.45) is 0. The molecule has 0 unspecified atom stereocenters. The number of hydrogen-bond acceptors (Lipinski definition) is 3. The van der Waals surface area contributed by atoms with E-state index in [-0.39, 0.29) is 12.7 Å². The normalized spacial score (nSPS) is 12.3. The first-order valence-corrected chi connectivity index (χ1v) is 7.36. The van der Waals surface area contributed by atoms with Crippen LogP contribution in [0.15, 0.2) is 40.9 Å². The van der Waals surface area contributed by atoms with Gasteiger partial charge in [0.05, 0.1) is 5.56 Å². The molecule has 5 heteroatoms. The first-order chi connectivity index (χ1) is 10.1. The van der Waals surface area contributed by atoms with E-state index < -0.39 is 0 Å². The van der Waals surface area contributed by atoms with Gasteiger partial charge in [0.1, 0.15) is 0 Å². The molecule has 108 valence electrons. The zero-order chi connectivity index (χ0) is 14.8. The number of nitrogens with one attached hydrogen (secondary N) is 1. The molecule has 0 aliphatic carbocycles. The van der Waals surface area contributed by atoms with Gasteiger partial charge in [-0.3, -0.25) is 4.79 Å². The molecule has 1 aliphatic rings. The minimum Gasteiger partial charge on any atom is -0.454 e. The summed E-state index contributed by atoms with van der Waals surface area (Å²) in [6.45, 7) is 2.58. The molecule has 0 atom stereocenters. The number of ether oxygens (including phenoxy) is 2. The van der Waals surface area contributed by atoms with Gasteiger partial charge in [-0.2, -0.15) is 0 Å². The third kappa shape index (κ3) is 2.88. The first kappa shape index (κ1) is 13.9. The number of fused-ring (bicyclic) bond motifs is 1. The fraction of sp³-hybridized carbons (Fsp3) is 0.188. The van der Waals surface area contributed by atoms with Crippen molar-refractivity contribution in [2.24, 2.45) is 0 Å². The van der Waals surface area contributed by atoms with Crippen LogP contribution < -0.4 is 14.8 Å². The molecule has 1 heterocycles. The van der Waals surface area contributed by atoms with Gasteiger partial charge in [0, 0.05) is 16.6 Å². The van der Waals surface area contributed by atoms with Gasteiger partial charge in [0.25, 0.3) is 5.91 Å². The molecule has 0 saturated heterocycles. The zero-order valence-electron chi connectivity index (χ0n) is 11.5. The minimum absolute atomic E-state index is 0.123. The largest absolute Gasteiger partial charge is 0.454 e. The number of benzene rings is 2. The second kappa shape index (κ2) is 5.77. The van der Waals surface area contributed by atoms with Gasteiger partial charge >= 0.3 is 0 Å². The standard InChI is InChI=1S/C16H14BrNO3/c1-10-5-6-13(17)12(7-10)16(19)18-8-11-3-2-4-14-15(11)21-9-20-14/h2-7H,8-9H2,1H3,(H,18,19). The third-order valence-corrected chi connectivity index (χ3v) is 3.98. The Labute approximate surface area is 131 Å². The summed E-state index contributed by atoms with van der Waals surface area (Å²) < 4.78 is 11.5. The Morgan fingerprint density at radius 1 is 1.29 bits per heavy atom. The van der Waals surface area contributed by atoms with Crippen molar-refractivity contribution >= 4 is 21.8 Å². The van der Waals surface area contributed by atoms with Gasteiger partial charge in [-0.25, -0.2) is 0 Å². The fourth-order valence-corrected chi connectivity index (χ4v) is 2.64. The maximum Gasteiger partial charge on any atom is 0.252 e. The van der Waals surface area contributed by atoms with E-state index in [1.807, 2.05) is 43.3 Å². The summed E-state index contributed by atoms with van der Waals surface area (Å²) in [5, 5.41) is 2.91. The molecule has 3 rings (SSSR count). The van der Waals surface area contributed by atoms with E-state index in [1.54, 1.807) is 0 Å². The fourth-order valence-electron chi connectivity index (χ4n) is 2.21. The summed E-state index contributed by atoms with van der Waals surface area (Å²) in [4.78, 5) is 12.3. The lowest BCUT2D eigenvalue weighted by Gasteiger charge is -2.09. The zero-order valence-corrected chi connectivity index (χ0v) is 13.1. The van der Waals surface area contributed by atoms with Crippen molar-refractivity contribution in [2.75, 3.05) is 6.79 Å². The Morgan fingerprint density at radius 3 is 3.00 bits per heavy atom. The average molecular weight is 348 g/mol. The second-order valence-electron chi connectivity index (χ2n) is 4.82. The Hall–Kier alpha value is -2.01. The molecule has 2 aromatic carbocycles. The highest BCUT2D eigenvalue weighted by Gasteiger charge is 2.18. The van der Waals surface area contributed by atoms with Crippen molar-refractivity contribution in [3.63, 3.8) is 0 Å². The van der Waals surface area contributed by atoms with Crippen molar-refractivity contribution in [1.29, 1.82) is 0 Å². The Kier molecular flexibility index (Phi) is 3.84. The summed E-state index contributed by atoms with van der Waals surface area (Å²) in [5.41, 5.74) is 2.57. The molecule has 0 bridgehead atoms. The predicted molar refractivity (Wildman–Crippen MR) is 82.6 cm³/mol. The molecule has 0 aromatic heterocycles. The van der Waals surface area contributed by atoms with Gasteiger partial charge in [-0.05, 0) is 41.1 Å². The molecule has 1 N–H and O–H groups in total. The van der Waals surface area contributed by atoms with Crippen LogP contribution in [0.2, 0.25) is 0 Å². The van der Waals surface area contributed by atoms with Gasteiger partial charge < -0.3 is 14.8 Å². The molecular weight excluding hydrogens is 334 g/mol. The van der Waals surface area contributed by atoms with Gasteiger partial charge in [0.2, 0.25) is 6.79 Å². The summed E-state index contributed by atoms with van der Waals surface area (Å²) in [6, 6.07) is 11.3. The highest BCUT2D eigenvalue weighted by atomic mass is 79.9. The van der Waals surface area contributed by atoms with Crippen LogP contribution in [0.25, 0.3) is 0 Å². The smallest absolute Gasteiger partial charge is 0.252 e. The molecule has 0 spiro atoms. The third-order valence-electron chi connectivity index (χ3n) is 3.28. The van der Waals surface area contributed by atoms with E-state index in [1.165, 1.54) is 0 Å². The number of halogens is 1. The number of carbonyl (C=O) groups excluding carboxylic acids is 1. The first-order valence-electron chi connectivity index (χ1n) is 6.57. The highest BCUT2D eigenvalue weighted by Crippen LogP contribution is 2.35. The number of carbonyl (C=O) groups is 1. The van der Waals surface area contributed by atoms with Crippen molar-refractivity contribution in [3.05, 3.63) is 57.6 Å². The van der Waals surface area contributed by atoms with E-state index in [0.29, 0.717) is 17.9 Å². The molecule has 0 saturated carbocycles. The number of para-hydroxylation sites is 1. The lowest BCUT2D eigenvalue weighted by molar-refractivity contribution is 0.0949. The molecule has 0 radical (unpaired) electrons. The van der Waals surface area contributed by atoms with Crippen LogP contribution in [0.1, 0.15) is 21.5 Å². The SMILES string of the molecule is Cc1ccc(Br)c(C(=O)NCc2cccc3c2OCO3)c1. The van der Waals surface area contributed by atoms with E-state index in [9.17, 15) is 4.79 Å². The summed E-state index contributed by atoms with van der Waals surface area (Å²) >= 11 is 3.40. The quantitative estimate of drug-likeness (QED) is 0.925. The van der Waals surface area contributed by atoms with Crippen molar-refractivity contribution in [2.45, 2.75) is 13.5 Å². The second-order valence-corrected chi connectivity index (χ2v) is 5.67. The van der Waals surface area contributed by atoms with Crippen LogP contribution >= 0.6 is 15.9 Å². The Morgan fingerprint density at radius 2 is 2.14 bits per heavy atom. The highest BCUT2D eigenvalue weighted by molar-refractivity contribution is 9.10. The monoisotopic (exact) mass is 347 g/mol. The Bertz CT molecular complexity index is 700. The van der Waals surface area contributed by atoms with Gasteiger partial charge in [-0.15, -0.1) is 0 Å². The lowest BCUT2D eigenvalue weighted by atomic mass is 10.1. The van der Waals surface area contributed by atoms with E-state index in [0.717, 1.165) is 21.3 Å². The molecule has 1 amide bonds. The van der Waals surface area contributed by atoms with E-state index in [2.05, 4.69) is 21.2 Å². The molecule has 0 fully saturated rings. The number of aryl methyl sites for hydroxylation is 1. The minimum atomic E-state index is -0.123. The van der Waals surface area contributed by atoms with E-state index >= 15 is 0 Å². The lowest BCUT2D eigenvalue weighted by Crippen LogP contribution is -2.23. The summed E-state index contributed by atoms with van der Waals surface area (Å²) in [7, 11) is 0. The van der Waals surface area contributed by atoms with Crippen LogP contribution in [0, 0.1) is 6.92 Å². The maximum atomic E-state index is 12.3. The van der Waals surface area contributed by atoms with Crippen molar-refractivity contribution < 1.29 is 14.3 Å². The molecule has 2 aromatic rings. The van der Waals surface area contributed by atoms with E-state index in [4.69, 9.17) is 9.47 Å². The van der Waals surface area contributed by atoms with Gasteiger partial charge in [-0.1, -0.05) is 23.8 Å². The summed E-state index contributed by atoms with van der Waals surface area (Å²) in [5.74, 6) is 1.31. The Balaban J connectivity index is 1.75. The van der Waals surface area contributed by atoms with Crippen LogP contribution in [-0.2, 0) is 6.54 Å². The number of hydrogen-bond donors (Lipinski definition) is 1. The van der Waals surface area contributed by atoms with Crippen molar-refractivity contribution in [3.8, 4) is 11.5 Å². The molecule has 1 aliphatic heterocycles. The van der Waals surface area contributed by atoms with Crippen LogP contribution in [0.4, 0.5) is 0 Å². The van der Waals surface area contributed by atoms with Crippen LogP contribution in [-0.4, -0.2) is 12.7 Å². The molecule has 21 heavy (non-hydrogen) atoms. The predicted octanol–water partition coefficient (Wildman–Crippen LogP) is 3.42. The maximum absolute atomic E-state index is 12.3. The average Bonchev–Trinajstić information content (AvgIpc) is 2.96. The number of rotatable bonds is 3. The topological polar surface area (TPSA) is 47.6 Å². The van der Waals surface area contributed by atoms with Crippen LogP contribution in [0.5, 0.6) is 11.5 Å². The van der Waals surface area contributed by atoms with Crippen molar-refractivity contribution in [1.82, 2.24) is 5.32 Å².